The van der Waals surface area contributed by atoms with Crippen LogP contribution in [0, 0.1) is 0 Å². The third-order valence-electron chi connectivity index (χ3n) is 2.55. The fraction of sp³-hybridized carbons (Fsp3) is 0.385. The lowest BCUT2D eigenvalue weighted by Gasteiger charge is -2.05. The monoisotopic (exact) mass is 263 g/mol. The Kier molecular flexibility index (Phi) is 4.78. The van der Waals surface area contributed by atoms with Crippen LogP contribution in [0.4, 0.5) is 5.82 Å². The molecule has 0 aliphatic heterocycles. The van der Waals surface area contributed by atoms with Crippen LogP contribution in [0.1, 0.15) is 12.2 Å². The summed E-state index contributed by atoms with van der Waals surface area (Å²) in [7, 11) is 1.72. The number of rotatable bonds is 6. The second-order valence-electron chi connectivity index (χ2n) is 3.94. The van der Waals surface area contributed by atoms with E-state index in [0.717, 1.165) is 41.3 Å². The minimum Gasteiger partial charge on any atom is -0.385 e. The molecule has 1 heterocycles. The summed E-state index contributed by atoms with van der Waals surface area (Å²) in [5, 5.41) is 0.922. The van der Waals surface area contributed by atoms with E-state index >= 15 is 0 Å². The Morgan fingerprint density at radius 3 is 2.94 bits per heavy atom. The Hall–Kier alpha value is -1.33. The van der Waals surface area contributed by atoms with Gasteiger partial charge in [0.15, 0.2) is 0 Å². The van der Waals surface area contributed by atoms with Crippen molar-refractivity contribution in [3.63, 3.8) is 0 Å². The summed E-state index contributed by atoms with van der Waals surface area (Å²) in [6.45, 7) is 0.799. The van der Waals surface area contributed by atoms with Crippen LogP contribution < -0.4 is 5.73 Å². The molecular weight excluding hydrogens is 246 g/mol. The molecule has 0 spiro atoms. The molecule has 2 aromatic rings. The van der Waals surface area contributed by atoms with E-state index in [9.17, 15) is 0 Å². The number of nitrogens with zero attached hydrogens (tertiary/aromatic N) is 2. The van der Waals surface area contributed by atoms with E-state index in [1.165, 1.54) is 0 Å². The Morgan fingerprint density at radius 1 is 1.28 bits per heavy atom. The van der Waals surface area contributed by atoms with E-state index < -0.39 is 0 Å². The number of hydrogen-bond donors (Lipinski definition) is 1. The summed E-state index contributed by atoms with van der Waals surface area (Å²) in [6, 6.07) is 7.82. The normalized spacial score (nSPS) is 10.9. The van der Waals surface area contributed by atoms with Crippen LogP contribution in [-0.2, 0) is 10.5 Å². The number of nitrogens with two attached hydrogens (primary N) is 1. The number of ether oxygens (including phenoxy) is 1. The second-order valence-corrected chi connectivity index (χ2v) is 5.05. The summed E-state index contributed by atoms with van der Waals surface area (Å²) in [5.41, 5.74) is 6.84. The number of thioether (sulfide) groups is 1. The first-order chi connectivity index (χ1) is 8.81. The smallest absolute Gasteiger partial charge is 0.141 e. The molecule has 0 saturated heterocycles. The van der Waals surface area contributed by atoms with E-state index in [4.69, 9.17) is 10.5 Å². The van der Waals surface area contributed by atoms with Gasteiger partial charge in [-0.05, 0) is 24.3 Å². The van der Waals surface area contributed by atoms with Crippen LogP contribution in [0.25, 0.3) is 10.9 Å². The molecule has 0 aliphatic carbocycles. The Bertz CT molecular complexity index is 519. The number of aromatic nitrogens is 2. The topological polar surface area (TPSA) is 61.0 Å². The molecule has 0 radical (unpaired) electrons. The maximum atomic E-state index is 5.93. The van der Waals surface area contributed by atoms with Crippen molar-refractivity contribution in [3.8, 4) is 0 Å². The van der Waals surface area contributed by atoms with Gasteiger partial charge in [0.05, 0.1) is 11.3 Å². The summed E-state index contributed by atoms with van der Waals surface area (Å²) < 4.78 is 5.01. The van der Waals surface area contributed by atoms with Gasteiger partial charge in [-0.15, -0.1) is 0 Å². The molecule has 2 rings (SSSR count). The van der Waals surface area contributed by atoms with Crippen molar-refractivity contribution < 1.29 is 4.74 Å². The van der Waals surface area contributed by atoms with Gasteiger partial charge in [0.2, 0.25) is 0 Å². The predicted molar refractivity (Wildman–Crippen MR) is 76.6 cm³/mol. The lowest BCUT2D eigenvalue weighted by molar-refractivity contribution is 0.200. The largest absolute Gasteiger partial charge is 0.385 e. The maximum Gasteiger partial charge on any atom is 0.141 e. The zero-order chi connectivity index (χ0) is 12.8. The fourth-order valence-electron chi connectivity index (χ4n) is 1.68. The van der Waals surface area contributed by atoms with E-state index in [1.807, 2.05) is 24.3 Å². The minimum absolute atomic E-state index is 0.563. The van der Waals surface area contributed by atoms with E-state index in [2.05, 4.69) is 9.97 Å². The molecule has 0 amide bonds. The molecule has 0 atom stereocenters. The summed E-state index contributed by atoms with van der Waals surface area (Å²) in [5.74, 6) is 3.20. The first-order valence-electron chi connectivity index (χ1n) is 5.89. The van der Waals surface area contributed by atoms with Crippen LogP contribution >= 0.6 is 11.8 Å². The SMILES string of the molecule is COCCCSCc1nc(N)c2ccccc2n1. The standard InChI is InChI=1S/C13H17N3OS/c1-17-7-4-8-18-9-12-15-11-6-3-2-5-10(11)13(14)16-12/h2-3,5-6H,4,7-9H2,1H3,(H2,14,15,16). The number of para-hydroxylation sites is 1. The van der Waals surface area contributed by atoms with Crippen LogP contribution in [0.3, 0.4) is 0 Å². The highest BCUT2D eigenvalue weighted by molar-refractivity contribution is 7.98. The highest BCUT2D eigenvalue weighted by Gasteiger charge is 2.04. The van der Waals surface area contributed by atoms with Crippen molar-refractivity contribution in [2.75, 3.05) is 25.2 Å². The van der Waals surface area contributed by atoms with Crippen molar-refractivity contribution in [2.24, 2.45) is 0 Å². The van der Waals surface area contributed by atoms with Crippen LogP contribution in [-0.4, -0.2) is 29.4 Å². The number of fused-ring (bicyclic) bond motifs is 1. The predicted octanol–water partition coefficient (Wildman–Crippen LogP) is 2.48. The average Bonchev–Trinajstić information content (AvgIpc) is 2.39. The molecule has 2 N–H and O–H groups in total. The highest BCUT2D eigenvalue weighted by atomic mass is 32.2. The average molecular weight is 263 g/mol. The summed E-state index contributed by atoms with van der Waals surface area (Å²) >= 11 is 1.80. The van der Waals surface area contributed by atoms with Crippen LogP contribution in [0.15, 0.2) is 24.3 Å². The summed E-state index contributed by atoms with van der Waals surface area (Å²) in [6.07, 6.45) is 1.05. The number of methoxy groups -OCH3 is 1. The Labute approximate surface area is 111 Å². The van der Waals surface area contributed by atoms with Gasteiger partial charge in [-0.25, -0.2) is 9.97 Å². The zero-order valence-corrected chi connectivity index (χ0v) is 11.2. The number of anilines is 1. The van der Waals surface area contributed by atoms with Crippen LogP contribution in [0.5, 0.6) is 0 Å². The minimum atomic E-state index is 0.563. The molecule has 0 saturated carbocycles. The van der Waals surface area contributed by atoms with Gasteiger partial charge >= 0.3 is 0 Å². The first kappa shape index (κ1) is 13.1. The molecule has 0 aliphatic rings. The molecule has 0 unspecified atom stereocenters. The first-order valence-corrected chi connectivity index (χ1v) is 7.04. The third kappa shape index (κ3) is 3.34. The van der Waals surface area contributed by atoms with Gasteiger partial charge in [0.25, 0.3) is 0 Å². The van der Waals surface area contributed by atoms with Gasteiger partial charge < -0.3 is 10.5 Å². The van der Waals surface area contributed by atoms with E-state index in [1.54, 1.807) is 18.9 Å². The lowest BCUT2D eigenvalue weighted by Crippen LogP contribution is -2.00. The molecule has 96 valence electrons. The molecule has 1 aromatic carbocycles. The molecule has 18 heavy (non-hydrogen) atoms. The van der Waals surface area contributed by atoms with Crippen molar-refractivity contribution in [1.82, 2.24) is 9.97 Å². The van der Waals surface area contributed by atoms with Crippen molar-refractivity contribution in [1.29, 1.82) is 0 Å². The van der Waals surface area contributed by atoms with Gasteiger partial charge in [0.1, 0.15) is 11.6 Å². The molecule has 5 heteroatoms. The molecule has 4 nitrogen and oxygen atoms in total. The molecule has 1 aromatic heterocycles. The molecule has 0 bridgehead atoms. The van der Waals surface area contributed by atoms with Crippen molar-refractivity contribution in [2.45, 2.75) is 12.2 Å². The van der Waals surface area contributed by atoms with Gasteiger partial charge in [-0.3, -0.25) is 0 Å². The molecular formula is C13H17N3OS. The Balaban J connectivity index is 2.01. The van der Waals surface area contributed by atoms with Crippen LogP contribution in [0.2, 0.25) is 0 Å². The third-order valence-corrected chi connectivity index (χ3v) is 3.59. The van der Waals surface area contributed by atoms with Gasteiger partial charge in [0, 0.05) is 19.1 Å². The van der Waals surface area contributed by atoms with Gasteiger partial charge in [-0.2, -0.15) is 11.8 Å². The van der Waals surface area contributed by atoms with Crippen molar-refractivity contribution in [3.05, 3.63) is 30.1 Å². The maximum absolute atomic E-state index is 5.93. The zero-order valence-electron chi connectivity index (χ0n) is 10.4. The summed E-state index contributed by atoms with van der Waals surface area (Å²) in [4.78, 5) is 8.84. The number of nitrogen functional groups attached to an aromatic ring is 1. The highest BCUT2D eigenvalue weighted by Crippen LogP contribution is 2.19. The van der Waals surface area contributed by atoms with Gasteiger partial charge in [-0.1, -0.05) is 12.1 Å². The van der Waals surface area contributed by atoms with E-state index in [0.29, 0.717) is 5.82 Å². The number of benzene rings is 1. The quantitative estimate of drug-likeness (QED) is 0.811. The lowest BCUT2D eigenvalue weighted by atomic mass is 10.2. The van der Waals surface area contributed by atoms with Crippen molar-refractivity contribution >= 4 is 28.5 Å². The molecule has 0 fully saturated rings. The second kappa shape index (κ2) is 6.56. The number of hydrogen-bond acceptors (Lipinski definition) is 5. The van der Waals surface area contributed by atoms with E-state index in [-0.39, 0.29) is 0 Å². The Morgan fingerprint density at radius 2 is 2.11 bits per heavy atom. The fourth-order valence-corrected chi connectivity index (χ4v) is 2.46.